The van der Waals surface area contributed by atoms with Crippen molar-refractivity contribution in [3.05, 3.63) is 12.2 Å². The second-order valence-corrected chi connectivity index (χ2v) is 8.77. The second-order valence-electron chi connectivity index (χ2n) is 8.77. The van der Waals surface area contributed by atoms with Crippen molar-refractivity contribution in [2.24, 2.45) is 34.5 Å². The molecule has 3 saturated carbocycles. The molecule has 0 amide bonds. The van der Waals surface area contributed by atoms with Gasteiger partial charge in [-0.15, -0.1) is 0 Å². The summed E-state index contributed by atoms with van der Waals surface area (Å²) in [6.07, 6.45) is 15.3. The molecule has 1 heteroatoms. The minimum atomic E-state index is -0.174. The molecule has 1 N–H and O–H groups in total. The molecule has 0 aliphatic heterocycles. The maximum absolute atomic E-state index is 10.4. The van der Waals surface area contributed by atoms with E-state index in [0.717, 1.165) is 17.8 Å². The van der Waals surface area contributed by atoms with Crippen molar-refractivity contribution in [1.82, 2.24) is 0 Å². The Morgan fingerprint density at radius 2 is 1.80 bits per heavy atom. The van der Waals surface area contributed by atoms with Crippen LogP contribution in [0.3, 0.4) is 0 Å². The Morgan fingerprint density at radius 1 is 0.950 bits per heavy atom. The fourth-order valence-electron chi connectivity index (χ4n) is 6.94. The normalized spacial score (nSPS) is 57.9. The summed E-state index contributed by atoms with van der Waals surface area (Å²) < 4.78 is 0. The SMILES string of the molecule is C[C@@]12CCC[C@H]1[C@@H]1CCC3C(O)C=CC[C@]3(C)[C@H]1CC2. The smallest absolute Gasteiger partial charge is 0.0754 e. The lowest BCUT2D eigenvalue weighted by Crippen LogP contribution is -2.54. The molecule has 4 rings (SSSR count). The molecule has 20 heavy (non-hydrogen) atoms. The molecular formula is C19H30O. The van der Waals surface area contributed by atoms with Crippen LogP contribution in [-0.2, 0) is 0 Å². The average Bonchev–Trinajstić information content (AvgIpc) is 2.80. The van der Waals surface area contributed by atoms with Crippen LogP contribution in [-0.4, -0.2) is 11.2 Å². The van der Waals surface area contributed by atoms with Gasteiger partial charge in [-0.2, -0.15) is 0 Å². The van der Waals surface area contributed by atoms with Gasteiger partial charge >= 0.3 is 0 Å². The Bertz CT molecular complexity index is 427. The van der Waals surface area contributed by atoms with E-state index < -0.39 is 0 Å². The van der Waals surface area contributed by atoms with Gasteiger partial charge in [0.05, 0.1) is 6.10 Å². The lowest BCUT2D eigenvalue weighted by molar-refractivity contribution is -0.112. The van der Waals surface area contributed by atoms with Gasteiger partial charge in [0.25, 0.3) is 0 Å². The van der Waals surface area contributed by atoms with Crippen LogP contribution < -0.4 is 0 Å². The van der Waals surface area contributed by atoms with Crippen molar-refractivity contribution < 1.29 is 5.11 Å². The van der Waals surface area contributed by atoms with E-state index in [-0.39, 0.29) is 6.10 Å². The molecule has 0 bridgehead atoms. The first-order valence-corrected chi connectivity index (χ1v) is 8.89. The molecule has 7 atom stereocenters. The molecule has 4 aliphatic rings. The van der Waals surface area contributed by atoms with E-state index in [2.05, 4.69) is 26.0 Å². The van der Waals surface area contributed by atoms with Gasteiger partial charge in [-0.05, 0) is 79.4 Å². The van der Waals surface area contributed by atoms with Gasteiger partial charge < -0.3 is 5.11 Å². The third-order valence-corrected chi connectivity index (χ3v) is 8.03. The first-order valence-electron chi connectivity index (χ1n) is 8.89. The molecule has 112 valence electrons. The summed E-state index contributed by atoms with van der Waals surface area (Å²) in [7, 11) is 0. The van der Waals surface area contributed by atoms with Crippen LogP contribution in [0.15, 0.2) is 12.2 Å². The summed E-state index contributed by atoms with van der Waals surface area (Å²) in [6, 6.07) is 0. The highest BCUT2D eigenvalue weighted by atomic mass is 16.3. The van der Waals surface area contributed by atoms with E-state index >= 15 is 0 Å². The summed E-state index contributed by atoms with van der Waals surface area (Å²) in [4.78, 5) is 0. The second kappa shape index (κ2) is 4.35. The van der Waals surface area contributed by atoms with Crippen LogP contribution >= 0.6 is 0 Å². The van der Waals surface area contributed by atoms with Gasteiger partial charge in [0.1, 0.15) is 0 Å². The predicted octanol–water partition coefficient (Wildman–Crippen LogP) is 4.56. The topological polar surface area (TPSA) is 20.2 Å². The molecule has 0 aromatic carbocycles. The Labute approximate surface area is 123 Å². The van der Waals surface area contributed by atoms with E-state index in [1.165, 1.54) is 51.4 Å². The first-order chi connectivity index (χ1) is 9.55. The van der Waals surface area contributed by atoms with E-state index in [1.54, 1.807) is 0 Å². The van der Waals surface area contributed by atoms with Gasteiger partial charge in [0, 0.05) is 0 Å². The number of hydrogen-bond donors (Lipinski definition) is 1. The number of hydrogen-bond acceptors (Lipinski definition) is 1. The lowest BCUT2D eigenvalue weighted by Gasteiger charge is -2.59. The zero-order valence-electron chi connectivity index (χ0n) is 13.1. The molecule has 0 aromatic rings. The van der Waals surface area contributed by atoms with Crippen LogP contribution in [0.1, 0.15) is 65.2 Å². The zero-order chi connectivity index (χ0) is 14.0. The van der Waals surface area contributed by atoms with E-state index in [4.69, 9.17) is 0 Å². The Balaban J connectivity index is 1.67. The largest absolute Gasteiger partial charge is 0.389 e. The number of allylic oxidation sites excluding steroid dienone is 1. The van der Waals surface area contributed by atoms with Crippen LogP contribution in [0, 0.1) is 34.5 Å². The third-order valence-electron chi connectivity index (χ3n) is 8.03. The van der Waals surface area contributed by atoms with Crippen molar-refractivity contribution >= 4 is 0 Å². The van der Waals surface area contributed by atoms with Gasteiger partial charge in [-0.25, -0.2) is 0 Å². The molecule has 0 aromatic heterocycles. The molecule has 3 fully saturated rings. The fourth-order valence-corrected chi connectivity index (χ4v) is 6.94. The summed E-state index contributed by atoms with van der Waals surface area (Å²) in [5, 5.41) is 10.4. The Hall–Kier alpha value is -0.300. The first kappa shape index (κ1) is 13.4. The molecule has 2 unspecified atom stereocenters. The highest BCUT2D eigenvalue weighted by Crippen LogP contribution is 2.65. The summed E-state index contributed by atoms with van der Waals surface area (Å²) >= 11 is 0. The maximum Gasteiger partial charge on any atom is 0.0754 e. The molecule has 0 radical (unpaired) electrons. The summed E-state index contributed by atoms with van der Waals surface area (Å²) in [6.45, 7) is 5.07. The molecular weight excluding hydrogens is 244 g/mol. The van der Waals surface area contributed by atoms with E-state index in [9.17, 15) is 5.11 Å². The fraction of sp³-hybridized carbons (Fsp3) is 0.895. The number of aliphatic hydroxyl groups excluding tert-OH is 1. The van der Waals surface area contributed by atoms with E-state index in [1.807, 2.05) is 0 Å². The minimum Gasteiger partial charge on any atom is -0.389 e. The van der Waals surface area contributed by atoms with Crippen LogP contribution in [0.2, 0.25) is 0 Å². The van der Waals surface area contributed by atoms with Crippen LogP contribution in [0.25, 0.3) is 0 Å². The third kappa shape index (κ3) is 1.65. The summed E-state index contributed by atoms with van der Waals surface area (Å²) in [5.41, 5.74) is 1.04. The van der Waals surface area contributed by atoms with Crippen molar-refractivity contribution in [2.45, 2.75) is 71.3 Å². The molecule has 0 heterocycles. The monoisotopic (exact) mass is 274 g/mol. The highest BCUT2D eigenvalue weighted by molar-refractivity contribution is 5.13. The van der Waals surface area contributed by atoms with Crippen molar-refractivity contribution in [3.8, 4) is 0 Å². The molecule has 4 aliphatic carbocycles. The van der Waals surface area contributed by atoms with Crippen molar-refractivity contribution in [2.75, 3.05) is 0 Å². The minimum absolute atomic E-state index is 0.174. The van der Waals surface area contributed by atoms with Gasteiger partial charge in [-0.3, -0.25) is 0 Å². The van der Waals surface area contributed by atoms with E-state index in [0.29, 0.717) is 16.7 Å². The quantitative estimate of drug-likeness (QED) is 0.642. The Kier molecular flexibility index (Phi) is 2.91. The predicted molar refractivity (Wildman–Crippen MR) is 82.3 cm³/mol. The molecule has 0 spiro atoms. The average molecular weight is 274 g/mol. The van der Waals surface area contributed by atoms with Gasteiger partial charge in [0.15, 0.2) is 0 Å². The highest BCUT2D eigenvalue weighted by Gasteiger charge is 2.57. The molecule has 1 nitrogen and oxygen atoms in total. The van der Waals surface area contributed by atoms with Crippen LogP contribution in [0.4, 0.5) is 0 Å². The molecule has 0 saturated heterocycles. The van der Waals surface area contributed by atoms with Gasteiger partial charge in [0.2, 0.25) is 0 Å². The number of rotatable bonds is 0. The summed E-state index contributed by atoms with van der Waals surface area (Å²) in [5.74, 6) is 3.34. The zero-order valence-corrected chi connectivity index (χ0v) is 13.1. The Morgan fingerprint density at radius 3 is 2.65 bits per heavy atom. The number of aliphatic hydroxyl groups is 1. The number of fused-ring (bicyclic) bond motifs is 5. The maximum atomic E-state index is 10.4. The van der Waals surface area contributed by atoms with Gasteiger partial charge in [-0.1, -0.05) is 32.4 Å². The lowest BCUT2D eigenvalue weighted by atomic mass is 9.46. The van der Waals surface area contributed by atoms with Crippen molar-refractivity contribution in [3.63, 3.8) is 0 Å². The standard InChI is InChI=1S/C19H30O/c1-18-10-3-5-14(18)13-7-8-16-17(20)6-4-11-19(16,2)15(13)9-12-18/h4,6,13-17,20H,3,5,7-12H2,1-2H3/t13-,14-,15-,16?,17?,18-,19+/m0/s1. The van der Waals surface area contributed by atoms with Crippen molar-refractivity contribution in [1.29, 1.82) is 0 Å². The van der Waals surface area contributed by atoms with Crippen LogP contribution in [0.5, 0.6) is 0 Å².